The van der Waals surface area contributed by atoms with Gasteiger partial charge in [0.2, 0.25) is 0 Å². The van der Waals surface area contributed by atoms with E-state index in [1.54, 1.807) is 0 Å². The van der Waals surface area contributed by atoms with Gasteiger partial charge in [-0.25, -0.2) is 0 Å². The zero-order valence-electron chi connectivity index (χ0n) is 25.3. The normalized spacial score (nSPS) is 56.2. The second kappa shape index (κ2) is 12.1. The van der Waals surface area contributed by atoms with Crippen LogP contribution in [0.5, 0.6) is 0 Å². The summed E-state index contributed by atoms with van der Waals surface area (Å²) >= 11 is 0. The molecule has 41 heavy (non-hydrogen) atoms. The zero-order valence-corrected chi connectivity index (χ0v) is 30.8. The summed E-state index contributed by atoms with van der Waals surface area (Å²) in [7, 11) is 0. The minimum Gasteiger partial charge on any atom is -0.286 e. The van der Waals surface area contributed by atoms with Crippen molar-refractivity contribution in [3.63, 3.8) is 0 Å². The number of rotatable bonds is 0. The Kier molecular flexibility index (Phi) is 8.56. The monoisotopic (exact) mass is 754 g/mol. The van der Waals surface area contributed by atoms with Crippen LogP contribution in [0.3, 0.4) is 0 Å². The first-order valence-electron chi connectivity index (χ1n) is 17.9. The van der Waals surface area contributed by atoms with Gasteiger partial charge in [-0.1, -0.05) is 51.4 Å². The van der Waals surface area contributed by atoms with Crippen molar-refractivity contribution in [2.75, 3.05) is 0 Å². The van der Waals surface area contributed by atoms with E-state index >= 15 is 0 Å². The van der Waals surface area contributed by atoms with Crippen LogP contribution in [-0.4, -0.2) is 49.3 Å². The Morgan fingerprint density at radius 2 is 0.341 bits per heavy atom. The SMILES string of the molecule is C1CCC2C3NC(NC4NC(NC5NC(NC6NC(N3)C3CCCCC63)C3CCCCC53)C3CCCCC43)C2C1.[Hg]. The molecule has 226 valence electrons. The predicted molar refractivity (Wildman–Crippen MR) is 157 cm³/mol. The molecule has 4 saturated carbocycles. The molecule has 8 unspecified atom stereocenters. The largest absolute Gasteiger partial charge is 0.286 e. The van der Waals surface area contributed by atoms with Gasteiger partial charge in [0.1, 0.15) is 0 Å². The van der Waals surface area contributed by atoms with Crippen LogP contribution in [0, 0.1) is 47.3 Å². The molecule has 0 aromatic rings. The van der Waals surface area contributed by atoms with Crippen LogP contribution in [0.25, 0.3) is 0 Å². The molecule has 0 aromatic carbocycles. The van der Waals surface area contributed by atoms with Gasteiger partial charge in [-0.05, 0) is 98.7 Å². The van der Waals surface area contributed by atoms with Crippen LogP contribution in [0.15, 0.2) is 0 Å². The average molecular weight is 753 g/mol. The molecular formula is C32H56HgN8. The van der Waals surface area contributed by atoms with Crippen LogP contribution in [-0.2, 0) is 27.7 Å². The van der Waals surface area contributed by atoms with E-state index in [4.69, 9.17) is 0 Å². The summed E-state index contributed by atoms with van der Waals surface area (Å²) < 4.78 is 0. The van der Waals surface area contributed by atoms with E-state index in [1.807, 2.05) is 0 Å². The smallest absolute Gasteiger partial charge is 0.0628 e. The van der Waals surface area contributed by atoms with Crippen LogP contribution >= 0.6 is 0 Å². The van der Waals surface area contributed by atoms with E-state index in [0.29, 0.717) is 49.3 Å². The number of hydrogen-bond acceptors (Lipinski definition) is 8. The molecule has 8 N–H and O–H groups in total. The molecule has 9 rings (SSSR count). The zero-order chi connectivity index (χ0) is 26.2. The molecule has 0 amide bonds. The molecule has 0 aromatic heterocycles. The summed E-state index contributed by atoms with van der Waals surface area (Å²) in [6.07, 6.45) is 25.6. The first-order valence-corrected chi connectivity index (χ1v) is 17.9. The average Bonchev–Trinajstić information content (AvgIpc) is 3.73. The maximum Gasteiger partial charge on any atom is 0.0628 e. The Balaban J connectivity index is 0.00000256. The summed E-state index contributed by atoms with van der Waals surface area (Å²) in [5.41, 5.74) is 0. The van der Waals surface area contributed by atoms with Crippen molar-refractivity contribution >= 4 is 0 Å². The predicted octanol–water partition coefficient (Wildman–Crippen LogP) is 2.60. The molecule has 0 spiro atoms. The van der Waals surface area contributed by atoms with Gasteiger partial charge < -0.3 is 0 Å². The van der Waals surface area contributed by atoms with Gasteiger partial charge in [0.05, 0.1) is 49.3 Å². The Bertz CT molecular complexity index is 716. The fourth-order valence-corrected chi connectivity index (χ4v) is 12.0. The van der Waals surface area contributed by atoms with Gasteiger partial charge in [-0.3, -0.25) is 42.5 Å². The van der Waals surface area contributed by atoms with E-state index in [9.17, 15) is 0 Å². The standard InChI is InChI=1S/C32H56N8.Hg/c1-2-10-18-17(9-1)25-33-26(18)38-28-21-13-5-6-14-22(21)30(35-28)40-32-24-16-8-7-15-23(24)31(36-32)39-29-20-12-4-3-11-19(20)27(34-29)37-25;/h17-40H,1-16H2;. The Morgan fingerprint density at radius 1 is 0.220 bits per heavy atom. The van der Waals surface area contributed by atoms with Crippen molar-refractivity contribution in [2.45, 2.75) is 152 Å². The van der Waals surface area contributed by atoms with Crippen molar-refractivity contribution < 1.29 is 27.7 Å². The van der Waals surface area contributed by atoms with E-state index < -0.39 is 0 Å². The maximum absolute atomic E-state index is 4.26. The van der Waals surface area contributed by atoms with Gasteiger partial charge in [0, 0.05) is 27.7 Å². The van der Waals surface area contributed by atoms with Crippen molar-refractivity contribution in [3.8, 4) is 0 Å². The summed E-state index contributed by atoms with van der Waals surface area (Å²) in [5.74, 6) is 5.97. The molecular weight excluding hydrogens is 697 g/mol. The molecule has 5 aliphatic heterocycles. The van der Waals surface area contributed by atoms with Gasteiger partial charge in [0.25, 0.3) is 0 Å². The van der Waals surface area contributed by atoms with E-state index in [2.05, 4.69) is 42.5 Å². The van der Waals surface area contributed by atoms with Crippen molar-refractivity contribution in [3.05, 3.63) is 0 Å². The summed E-state index contributed by atoms with van der Waals surface area (Å²) in [5, 5.41) is 33.8. The fourth-order valence-electron chi connectivity index (χ4n) is 12.0. The topological polar surface area (TPSA) is 96.2 Å². The Labute approximate surface area is 268 Å². The third-order valence-electron chi connectivity index (χ3n) is 13.8. The number of nitrogens with one attached hydrogen (secondary N) is 8. The molecule has 4 aliphatic carbocycles. The minimum absolute atomic E-state index is 0. The first kappa shape index (κ1) is 29.0. The second-order valence-electron chi connectivity index (χ2n) is 15.6. The van der Waals surface area contributed by atoms with Crippen LogP contribution in [0.1, 0.15) is 103 Å². The summed E-state index contributed by atoms with van der Waals surface area (Å²) in [6, 6.07) is 0. The van der Waals surface area contributed by atoms with Crippen LogP contribution < -0.4 is 42.5 Å². The van der Waals surface area contributed by atoms with E-state index in [-0.39, 0.29) is 27.7 Å². The quantitative estimate of drug-likeness (QED) is 0.179. The first-order chi connectivity index (χ1) is 19.8. The third-order valence-corrected chi connectivity index (χ3v) is 13.8. The molecule has 5 saturated heterocycles. The molecule has 8 bridgehead atoms. The third kappa shape index (κ3) is 5.13. The molecule has 0 radical (unpaired) electrons. The molecule has 9 aliphatic rings. The van der Waals surface area contributed by atoms with Crippen LogP contribution in [0.4, 0.5) is 0 Å². The van der Waals surface area contributed by atoms with Crippen molar-refractivity contribution in [2.24, 2.45) is 47.3 Å². The molecule has 9 fully saturated rings. The Hall–Kier alpha value is 0.615. The van der Waals surface area contributed by atoms with Crippen LogP contribution in [0.2, 0.25) is 0 Å². The van der Waals surface area contributed by atoms with Crippen molar-refractivity contribution in [1.82, 2.24) is 42.5 Å². The van der Waals surface area contributed by atoms with Gasteiger partial charge in [-0.2, -0.15) is 0 Å². The molecule has 5 heterocycles. The number of fused-ring (bicyclic) bond motifs is 20. The summed E-state index contributed by atoms with van der Waals surface area (Å²) in [4.78, 5) is 0. The van der Waals surface area contributed by atoms with Crippen molar-refractivity contribution in [1.29, 1.82) is 0 Å². The minimum atomic E-state index is 0. The van der Waals surface area contributed by atoms with E-state index in [1.165, 1.54) is 103 Å². The van der Waals surface area contributed by atoms with E-state index in [0.717, 1.165) is 47.3 Å². The molecule has 8 atom stereocenters. The molecule has 9 heteroatoms. The fraction of sp³-hybridized carbons (Fsp3) is 1.00. The summed E-state index contributed by atoms with van der Waals surface area (Å²) in [6.45, 7) is 0. The van der Waals surface area contributed by atoms with Gasteiger partial charge in [0.15, 0.2) is 0 Å². The van der Waals surface area contributed by atoms with Gasteiger partial charge in [-0.15, -0.1) is 0 Å². The molecule has 8 nitrogen and oxygen atoms in total. The Morgan fingerprint density at radius 3 is 0.463 bits per heavy atom. The van der Waals surface area contributed by atoms with Gasteiger partial charge >= 0.3 is 0 Å². The second-order valence-corrected chi connectivity index (χ2v) is 15.6. The number of hydrogen-bond donors (Lipinski definition) is 8. The maximum atomic E-state index is 4.26.